The summed E-state index contributed by atoms with van der Waals surface area (Å²) >= 11 is 1.62. The van der Waals surface area contributed by atoms with Crippen LogP contribution >= 0.6 is 11.3 Å². The summed E-state index contributed by atoms with van der Waals surface area (Å²) < 4.78 is 5.88. The molecule has 0 spiro atoms. The quantitative estimate of drug-likeness (QED) is 0.814. The molecule has 0 aliphatic carbocycles. The Labute approximate surface area is 116 Å². The van der Waals surface area contributed by atoms with Gasteiger partial charge in [-0.2, -0.15) is 0 Å². The van der Waals surface area contributed by atoms with Gasteiger partial charge in [-0.3, -0.25) is 0 Å². The minimum Gasteiger partial charge on any atom is -0.545 e. The van der Waals surface area contributed by atoms with Crippen LogP contribution in [0.2, 0.25) is 0 Å². The van der Waals surface area contributed by atoms with Crippen LogP contribution in [0.1, 0.15) is 41.1 Å². The molecular weight excluding hydrogens is 260 g/mol. The highest BCUT2D eigenvalue weighted by atomic mass is 32.1. The highest BCUT2D eigenvalue weighted by Crippen LogP contribution is 2.30. The molecule has 1 unspecified atom stereocenters. The smallest absolute Gasteiger partial charge is 0.133 e. The number of para-hydroxylation sites is 1. The van der Waals surface area contributed by atoms with E-state index < -0.39 is 5.97 Å². The molecule has 100 valence electrons. The van der Waals surface area contributed by atoms with Crippen LogP contribution in [0.3, 0.4) is 0 Å². The lowest BCUT2D eigenvalue weighted by Crippen LogP contribution is -2.23. The highest BCUT2D eigenvalue weighted by Gasteiger charge is 2.15. The Hall–Kier alpha value is -1.81. The maximum Gasteiger partial charge on any atom is 0.133 e. The van der Waals surface area contributed by atoms with E-state index in [1.807, 2.05) is 17.5 Å². The SMILES string of the molecule is CCCC(Oc1ccccc1C(=O)[O-])c1cccs1. The first-order valence-corrected chi connectivity index (χ1v) is 7.10. The van der Waals surface area contributed by atoms with Gasteiger partial charge in [0.15, 0.2) is 0 Å². The third-order valence-corrected chi connectivity index (χ3v) is 3.75. The summed E-state index contributed by atoms with van der Waals surface area (Å²) in [6, 6.07) is 10.6. The molecule has 0 aliphatic heterocycles. The number of carbonyl (C=O) groups excluding carboxylic acids is 1. The summed E-state index contributed by atoms with van der Waals surface area (Å²) in [6.07, 6.45) is 1.71. The molecule has 1 heterocycles. The van der Waals surface area contributed by atoms with Gasteiger partial charge in [0.2, 0.25) is 0 Å². The van der Waals surface area contributed by atoms with Crippen LogP contribution in [0, 0.1) is 0 Å². The second-order valence-corrected chi connectivity index (χ2v) is 5.17. The number of rotatable bonds is 6. The lowest BCUT2D eigenvalue weighted by Gasteiger charge is -2.20. The number of ether oxygens (including phenoxy) is 1. The number of hydrogen-bond donors (Lipinski definition) is 0. The number of hydrogen-bond acceptors (Lipinski definition) is 4. The van der Waals surface area contributed by atoms with Crippen molar-refractivity contribution in [1.29, 1.82) is 0 Å². The Kier molecular flexibility index (Phi) is 4.58. The van der Waals surface area contributed by atoms with Crippen molar-refractivity contribution in [1.82, 2.24) is 0 Å². The summed E-state index contributed by atoms with van der Waals surface area (Å²) in [7, 11) is 0. The molecule has 0 N–H and O–H groups in total. The zero-order valence-corrected chi connectivity index (χ0v) is 11.5. The number of aromatic carboxylic acids is 1. The normalized spacial score (nSPS) is 12.1. The number of carboxylic acids is 1. The zero-order valence-electron chi connectivity index (χ0n) is 10.7. The molecule has 1 aromatic heterocycles. The Morgan fingerprint density at radius 1 is 1.32 bits per heavy atom. The van der Waals surface area contributed by atoms with Crippen LogP contribution < -0.4 is 9.84 Å². The topological polar surface area (TPSA) is 49.4 Å². The summed E-state index contributed by atoms with van der Waals surface area (Å²) in [5, 5.41) is 13.1. The fourth-order valence-corrected chi connectivity index (χ4v) is 2.68. The Bertz CT molecular complexity index is 534. The molecule has 3 nitrogen and oxygen atoms in total. The summed E-state index contributed by atoms with van der Waals surface area (Å²) in [4.78, 5) is 12.2. The van der Waals surface area contributed by atoms with E-state index in [1.54, 1.807) is 29.5 Å². The van der Waals surface area contributed by atoms with Gasteiger partial charge in [0, 0.05) is 10.4 Å². The number of thiophene rings is 1. The lowest BCUT2D eigenvalue weighted by atomic mass is 10.1. The molecule has 0 saturated heterocycles. The van der Waals surface area contributed by atoms with Crippen molar-refractivity contribution in [3.63, 3.8) is 0 Å². The standard InChI is InChI=1S/C15H16O3S/c1-2-6-13(14-9-5-10-19-14)18-12-8-4-3-7-11(12)15(16)17/h3-5,7-10,13H,2,6H2,1H3,(H,16,17)/p-1. The van der Waals surface area contributed by atoms with Gasteiger partial charge in [0.1, 0.15) is 11.9 Å². The molecule has 0 radical (unpaired) electrons. The average molecular weight is 275 g/mol. The van der Waals surface area contributed by atoms with Crippen LogP contribution in [0.15, 0.2) is 41.8 Å². The fourth-order valence-electron chi connectivity index (χ4n) is 1.89. The molecule has 4 heteroatoms. The lowest BCUT2D eigenvalue weighted by molar-refractivity contribution is -0.255. The van der Waals surface area contributed by atoms with Gasteiger partial charge < -0.3 is 14.6 Å². The molecule has 2 rings (SSSR count). The first kappa shape index (κ1) is 13.6. The second-order valence-electron chi connectivity index (χ2n) is 4.19. The van der Waals surface area contributed by atoms with E-state index in [2.05, 4.69) is 6.92 Å². The van der Waals surface area contributed by atoms with Crippen LogP contribution in [-0.2, 0) is 0 Å². The second kappa shape index (κ2) is 6.38. The fraction of sp³-hybridized carbons (Fsp3) is 0.267. The maximum absolute atomic E-state index is 11.1. The number of carbonyl (C=O) groups is 1. The predicted octanol–water partition coefficient (Wildman–Crippen LogP) is 3.03. The largest absolute Gasteiger partial charge is 0.545 e. The molecular formula is C15H15O3S-. The third kappa shape index (κ3) is 3.35. The van der Waals surface area contributed by atoms with Gasteiger partial charge in [0.05, 0.1) is 5.97 Å². The van der Waals surface area contributed by atoms with E-state index in [1.165, 1.54) is 6.07 Å². The summed E-state index contributed by atoms with van der Waals surface area (Å²) in [5.41, 5.74) is 0.0974. The Balaban J connectivity index is 2.25. The summed E-state index contributed by atoms with van der Waals surface area (Å²) in [5.74, 6) is -0.841. The van der Waals surface area contributed by atoms with Crippen molar-refractivity contribution in [2.45, 2.75) is 25.9 Å². The molecule has 0 bridgehead atoms. The van der Waals surface area contributed by atoms with E-state index in [9.17, 15) is 9.90 Å². The molecule has 1 atom stereocenters. The third-order valence-electron chi connectivity index (χ3n) is 2.79. The van der Waals surface area contributed by atoms with Crippen molar-refractivity contribution in [3.8, 4) is 5.75 Å². The van der Waals surface area contributed by atoms with Crippen LogP contribution in [-0.4, -0.2) is 5.97 Å². The average Bonchev–Trinajstić information content (AvgIpc) is 2.92. The van der Waals surface area contributed by atoms with Crippen molar-refractivity contribution in [3.05, 3.63) is 52.2 Å². The van der Waals surface area contributed by atoms with Gasteiger partial charge >= 0.3 is 0 Å². The van der Waals surface area contributed by atoms with Gasteiger partial charge in [-0.05, 0) is 30.0 Å². The van der Waals surface area contributed by atoms with Gasteiger partial charge in [-0.25, -0.2) is 0 Å². The zero-order chi connectivity index (χ0) is 13.7. The van der Waals surface area contributed by atoms with E-state index in [4.69, 9.17) is 4.74 Å². The monoisotopic (exact) mass is 275 g/mol. The molecule has 0 aliphatic rings. The molecule has 1 aromatic carbocycles. The van der Waals surface area contributed by atoms with Crippen molar-refractivity contribution >= 4 is 17.3 Å². The van der Waals surface area contributed by atoms with E-state index >= 15 is 0 Å². The van der Waals surface area contributed by atoms with E-state index in [-0.39, 0.29) is 11.7 Å². The number of benzene rings is 1. The molecule has 0 saturated carbocycles. The Morgan fingerprint density at radius 3 is 2.74 bits per heavy atom. The van der Waals surface area contributed by atoms with Crippen LogP contribution in [0.4, 0.5) is 0 Å². The highest BCUT2D eigenvalue weighted by molar-refractivity contribution is 7.10. The van der Waals surface area contributed by atoms with Crippen molar-refractivity contribution in [2.24, 2.45) is 0 Å². The first-order valence-electron chi connectivity index (χ1n) is 6.22. The molecule has 19 heavy (non-hydrogen) atoms. The predicted molar refractivity (Wildman–Crippen MR) is 73.4 cm³/mol. The van der Waals surface area contributed by atoms with Gasteiger partial charge in [-0.15, -0.1) is 11.3 Å². The van der Waals surface area contributed by atoms with Gasteiger partial charge in [0.25, 0.3) is 0 Å². The Morgan fingerprint density at radius 2 is 2.11 bits per heavy atom. The van der Waals surface area contributed by atoms with E-state index in [0.29, 0.717) is 5.75 Å². The molecule has 0 fully saturated rings. The van der Waals surface area contributed by atoms with Gasteiger partial charge in [-0.1, -0.05) is 31.5 Å². The summed E-state index contributed by atoms with van der Waals surface area (Å²) in [6.45, 7) is 2.08. The minimum atomic E-state index is -1.21. The first-order chi connectivity index (χ1) is 9.22. The molecule has 2 aromatic rings. The number of carboxylic acid groups (broad SMARTS) is 1. The maximum atomic E-state index is 11.1. The molecule has 0 amide bonds. The van der Waals surface area contributed by atoms with Crippen molar-refractivity contribution < 1.29 is 14.6 Å². The van der Waals surface area contributed by atoms with Crippen molar-refractivity contribution in [2.75, 3.05) is 0 Å². The van der Waals surface area contributed by atoms with Crippen LogP contribution in [0.5, 0.6) is 5.75 Å². The minimum absolute atomic E-state index is 0.0974. The van der Waals surface area contributed by atoms with E-state index in [0.717, 1.165) is 17.7 Å². The van der Waals surface area contributed by atoms with Crippen LogP contribution in [0.25, 0.3) is 0 Å².